The van der Waals surface area contributed by atoms with Crippen LogP contribution in [0.4, 0.5) is 0 Å². The second kappa shape index (κ2) is 7.81. The first-order chi connectivity index (χ1) is 10.1. The second-order valence-corrected chi connectivity index (χ2v) is 6.82. The summed E-state index contributed by atoms with van der Waals surface area (Å²) in [5.74, 6) is 0.369. The van der Waals surface area contributed by atoms with E-state index in [1.54, 1.807) is 0 Å². The minimum atomic E-state index is -0.307. The molecule has 0 aromatic heterocycles. The lowest BCUT2D eigenvalue weighted by molar-refractivity contribution is -0.138. The van der Waals surface area contributed by atoms with E-state index in [2.05, 4.69) is 5.32 Å². The molecule has 0 aromatic rings. The molecule has 2 saturated carbocycles. The highest BCUT2D eigenvalue weighted by molar-refractivity contribution is 5.87. The summed E-state index contributed by atoms with van der Waals surface area (Å²) in [5, 5.41) is 2.93. The van der Waals surface area contributed by atoms with Crippen LogP contribution in [-0.4, -0.2) is 35.8 Å². The van der Waals surface area contributed by atoms with Crippen LogP contribution < -0.4 is 5.32 Å². The lowest BCUT2D eigenvalue weighted by Crippen LogP contribution is -2.52. The monoisotopic (exact) mass is 294 g/mol. The smallest absolute Gasteiger partial charge is 0.245 e. The standard InChI is InChI=1S/C17H30N2O2/c1-13(20)18-16(14-9-7-8-10-14)17(21)19(2)15-11-5-3-4-6-12-15/h14-16H,3-12H2,1-2H3,(H,18,20). The maximum atomic E-state index is 12.9. The van der Waals surface area contributed by atoms with Crippen molar-refractivity contribution in [2.24, 2.45) is 5.92 Å². The number of amides is 2. The molecule has 1 atom stereocenters. The summed E-state index contributed by atoms with van der Waals surface area (Å²) in [6.07, 6.45) is 11.7. The van der Waals surface area contributed by atoms with Crippen molar-refractivity contribution in [1.29, 1.82) is 0 Å². The zero-order chi connectivity index (χ0) is 15.2. The summed E-state index contributed by atoms with van der Waals surface area (Å²) in [6, 6.07) is 0.0518. The maximum absolute atomic E-state index is 12.9. The van der Waals surface area contributed by atoms with Gasteiger partial charge < -0.3 is 10.2 Å². The molecule has 2 amide bonds. The SMILES string of the molecule is CC(=O)NC(C(=O)N(C)C1CCCCCC1)C1CCCC1. The highest BCUT2D eigenvalue weighted by Gasteiger charge is 2.35. The highest BCUT2D eigenvalue weighted by atomic mass is 16.2. The summed E-state index contributed by atoms with van der Waals surface area (Å²) >= 11 is 0. The van der Waals surface area contributed by atoms with Crippen LogP contribution in [-0.2, 0) is 9.59 Å². The largest absolute Gasteiger partial charge is 0.344 e. The number of rotatable bonds is 4. The Morgan fingerprint density at radius 2 is 1.48 bits per heavy atom. The van der Waals surface area contributed by atoms with Gasteiger partial charge in [-0.2, -0.15) is 0 Å². The normalized spacial score (nSPS) is 22.6. The summed E-state index contributed by atoms with van der Waals surface area (Å²) in [7, 11) is 1.93. The Morgan fingerprint density at radius 3 is 2.00 bits per heavy atom. The summed E-state index contributed by atoms with van der Waals surface area (Å²) in [6.45, 7) is 1.51. The van der Waals surface area contributed by atoms with Gasteiger partial charge in [0.25, 0.3) is 0 Å². The average Bonchev–Trinajstić information content (AvgIpc) is 2.85. The topological polar surface area (TPSA) is 49.4 Å². The minimum absolute atomic E-state index is 0.0884. The van der Waals surface area contributed by atoms with E-state index < -0.39 is 0 Å². The molecule has 2 aliphatic carbocycles. The van der Waals surface area contributed by atoms with Crippen molar-refractivity contribution in [2.75, 3.05) is 7.05 Å². The highest BCUT2D eigenvalue weighted by Crippen LogP contribution is 2.30. The average molecular weight is 294 g/mol. The van der Waals surface area contributed by atoms with Crippen LogP contribution in [0.1, 0.15) is 71.1 Å². The molecule has 0 saturated heterocycles. The quantitative estimate of drug-likeness (QED) is 0.811. The molecule has 0 heterocycles. The third-order valence-electron chi connectivity index (χ3n) is 5.22. The van der Waals surface area contributed by atoms with Gasteiger partial charge in [0, 0.05) is 20.0 Å². The van der Waals surface area contributed by atoms with Crippen molar-refractivity contribution in [3.05, 3.63) is 0 Å². The first-order valence-electron chi connectivity index (χ1n) is 8.63. The molecule has 4 nitrogen and oxygen atoms in total. The summed E-state index contributed by atoms with van der Waals surface area (Å²) < 4.78 is 0. The van der Waals surface area contributed by atoms with Crippen LogP contribution >= 0.6 is 0 Å². The van der Waals surface area contributed by atoms with Crippen molar-refractivity contribution in [2.45, 2.75) is 83.2 Å². The molecule has 0 aromatic carbocycles. The molecule has 21 heavy (non-hydrogen) atoms. The number of nitrogens with zero attached hydrogens (tertiary/aromatic N) is 1. The Labute approximate surface area is 128 Å². The molecule has 2 rings (SSSR count). The van der Waals surface area contributed by atoms with Crippen LogP contribution in [0, 0.1) is 5.92 Å². The van der Waals surface area contributed by atoms with E-state index in [0.717, 1.165) is 25.7 Å². The predicted molar refractivity (Wildman–Crippen MR) is 83.8 cm³/mol. The lowest BCUT2D eigenvalue weighted by Gasteiger charge is -2.33. The molecular weight excluding hydrogens is 264 g/mol. The Hall–Kier alpha value is -1.06. The van der Waals surface area contributed by atoms with Crippen LogP contribution in [0.5, 0.6) is 0 Å². The van der Waals surface area contributed by atoms with Gasteiger partial charge in [-0.05, 0) is 31.6 Å². The molecular formula is C17H30N2O2. The molecule has 2 fully saturated rings. The summed E-state index contributed by atoms with van der Waals surface area (Å²) in [4.78, 5) is 26.3. The summed E-state index contributed by atoms with van der Waals surface area (Å²) in [5.41, 5.74) is 0. The van der Waals surface area contributed by atoms with Gasteiger partial charge in [0.15, 0.2) is 0 Å². The van der Waals surface area contributed by atoms with E-state index in [0.29, 0.717) is 12.0 Å². The van der Waals surface area contributed by atoms with Crippen molar-refractivity contribution < 1.29 is 9.59 Å². The molecule has 1 N–H and O–H groups in total. The molecule has 2 aliphatic rings. The molecule has 0 aliphatic heterocycles. The fourth-order valence-corrected chi connectivity index (χ4v) is 3.94. The van der Waals surface area contributed by atoms with Crippen LogP contribution in [0.2, 0.25) is 0 Å². The fourth-order valence-electron chi connectivity index (χ4n) is 3.94. The van der Waals surface area contributed by atoms with E-state index in [9.17, 15) is 9.59 Å². The Kier molecular flexibility index (Phi) is 6.07. The molecule has 1 unspecified atom stereocenters. The van der Waals surface area contributed by atoms with Gasteiger partial charge in [0.1, 0.15) is 6.04 Å². The van der Waals surface area contributed by atoms with Crippen molar-refractivity contribution in [3.8, 4) is 0 Å². The van der Waals surface area contributed by atoms with Crippen molar-refractivity contribution >= 4 is 11.8 Å². The zero-order valence-corrected chi connectivity index (χ0v) is 13.6. The van der Waals surface area contributed by atoms with E-state index >= 15 is 0 Å². The van der Waals surface area contributed by atoms with Crippen molar-refractivity contribution in [3.63, 3.8) is 0 Å². The van der Waals surface area contributed by atoms with Crippen molar-refractivity contribution in [1.82, 2.24) is 10.2 Å². The Balaban J connectivity index is 2.02. The Morgan fingerprint density at radius 1 is 0.952 bits per heavy atom. The van der Waals surface area contributed by atoms with Gasteiger partial charge in [-0.3, -0.25) is 9.59 Å². The van der Waals surface area contributed by atoms with Gasteiger partial charge in [0.05, 0.1) is 0 Å². The third-order valence-corrected chi connectivity index (χ3v) is 5.22. The van der Waals surface area contributed by atoms with E-state index in [1.165, 1.54) is 45.4 Å². The van der Waals surface area contributed by atoms with Gasteiger partial charge >= 0.3 is 0 Å². The Bertz CT molecular complexity index is 356. The number of carbonyl (C=O) groups is 2. The maximum Gasteiger partial charge on any atom is 0.245 e. The lowest BCUT2D eigenvalue weighted by atomic mass is 9.95. The number of carbonyl (C=O) groups excluding carboxylic acids is 2. The third kappa shape index (κ3) is 4.45. The predicted octanol–water partition coefficient (Wildman–Crippen LogP) is 2.86. The zero-order valence-electron chi connectivity index (χ0n) is 13.6. The number of likely N-dealkylation sites (N-methyl/N-ethyl adjacent to an activating group) is 1. The molecule has 0 bridgehead atoms. The van der Waals surface area contributed by atoms with Gasteiger partial charge in [-0.25, -0.2) is 0 Å². The van der Waals surface area contributed by atoms with Crippen LogP contribution in [0.3, 0.4) is 0 Å². The fraction of sp³-hybridized carbons (Fsp3) is 0.882. The van der Waals surface area contributed by atoms with Crippen LogP contribution in [0.25, 0.3) is 0 Å². The number of hydrogen-bond acceptors (Lipinski definition) is 2. The number of nitrogens with one attached hydrogen (secondary N) is 1. The van der Waals surface area contributed by atoms with Gasteiger partial charge in [-0.1, -0.05) is 38.5 Å². The van der Waals surface area contributed by atoms with Gasteiger partial charge in [-0.15, -0.1) is 0 Å². The second-order valence-electron chi connectivity index (χ2n) is 6.82. The van der Waals surface area contributed by atoms with E-state index in [1.807, 2.05) is 11.9 Å². The van der Waals surface area contributed by atoms with Crippen LogP contribution in [0.15, 0.2) is 0 Å². The molecule has 120 valence electrons. The van der Waals surface area contributed by atoms with E-state index in [4.69, 9.17) is 0 Å². The number of hydrogen-bond donors (Lipinski definition) is 1. The van der Waals surface area contributed by atoms with E-state index in [-0.39, 0.29) is 17.9 Å². The molecule has 4 heteroatoms. The first-order valence-corrected chi connectivity index (χ1v) is 8.63. The molecule has 0 spiro atoms. The first kappa shape index (κ1) is 16.3. The minimum Gasteiger partial charge on any atom is -0.344 e. The molecule has 0 radical (unpaired) electrons. The van der Waals surface area contributed by atoms with Gasteiger partial charge in [0.2, 0.25) is 11.8 Å².